The molecule has 0 aromatic heterocycles. The fourth-order valence-electron chi connectivity index (χ4n) is 2.66. The standard InChI is InChI=1S/C15H22FNO3S/c16-14-7-5-13(6-8-14)11-21(19,20)17-12-15(18)9-3-1-2-4-10-15/h5-8,17-18H,1-4,9-12H2. The largest absolute Gasteiger partial charge is 0.389 e. The Hall–Kier alpha value is -0.980. The number of sulfonamides is 1. The first-order chi connectivity index (χ1) is 9.89. The minimum atomic E-state index is -3.53. The van der Waals surface area contributed by atoms with Crippen LogP contribution in [-0.2, 0) is 15.8 Å². The first-order valence-electron chi connectivity index (χ1n) is 7.33. The van der Waals surface area contributed by atoms with Gasteiger partial charge in [0, 0.05) is 6.54 Å². The van der Waals surface area contributed by atoms with E-state index in [1.165, 1.54) is 24.3 Å². The van der Waals surface area contributed by atoms with Crippen molar-refractivity contribution in [3.8, 4) is 0 Å². The summed E-state index contributed by atoms with van der Waals surface area (Å²) in [7, 11) is -3.53. The molecule has 2 rings (SSSR count). The predicted molar refractivity (Wildman–Crippen MR) is 79.7 cm³/mol. The third-order valence-electron chi connectivity index (χ3n) is 3.93. The van der Waals surface area contributed by atoms with E-state index in [2.05, 4.69) is 4.72 Å². The molecule has 1 aromatic rings. The van der Waals surface area contributed by atoms with E-state index in [1.807, 2.05) is 0 Å². The maximum atomic E-state index is 12.8. The molecular weight excluding hydrogens is 293 g/mol. The summed E-state index contributed by atoms with van der Waals surface area (Å²) < 4.78 is 39.4. The summed E-state index contributed by atoms with van der Waals surface area (Å²) in [4.78, 5) is 0. The van der Waals surface area contributed by atoms with Crippen LogP contribution >= 0.6 is 0 Å². The number of rotatable bonds is 5. The third kappa shape index (κ3) is 5.37. The molecule has 0 saturated heterocycles. The molecule has 1 aliphatic carbocycles. The van der Waals surface area contributed by atoms with Gasteiger partial charge in [0.15, 0.2) is 0 Å². The molecule has 4 nitrogen and oxygen atoms in total. The minimum Gasteiger partial charge on any atom is -0.389 e. The molecule has 2 N–H and O–H groups in total. The molecule has 118 valence electrons. The number of nitrogens with one attached hydrogen (secondary N) is 1. The highest BCUT2D eigenvalue weighted by Gasteiger charge is 2.29. The topological polar surface area (TPSA) is 66.4 Å². The fourth-order valence-corrected chi connectivity index (χ4v) is 3.88. The molecule has 0 unspecified atom stereocenters. The second-order valence-electron chi connectivity index (χ2n) is 5.85. The van der Waals surface area contributed by atoms with E-state index in [0.717, 1.165) is 25.7 Å². The molecule has 0 spiro atoms. The second kappa shape index (κ2) is 6.85. The van der Waals surface area contributed by atoms with Gasteiger partial charge in [-0.05, 0) is 30.5 Å². The molecule has 0 aliphatic heterocycles. The van der Waals surface area contributed by atoms with Gasteiger partial charge in [0.2, 0.25) is 10.0 Å². The van der Waals surface area contributed by atoms with E-state index < -0.39 is 21.4 Å². The summed E-state index contributed by atoms with van der Waals surface area (Å²) in [6.07, 6.45) is 5.29. The van der Waals surface area contributed by atoms with Gasteiger partial charge in [0.25, 0.3) is 0 Å². The molecule has 21 heavy (non-hydrogen) atoms. The molecular formula is C15H22FNO3S. The molecule has 1 saturated carbocycles. The Kier molecular flexibility index (Phi) is 5.35. The molecule has 6 heteroatoms. The molecule has 0 heterocycles. The fraction of sp³-hybridized carbons (Fsp3) is 0.600. The second-order valence-corrected chi connectivity index (χ2v) is 7.65. The summed E-state index contributed by atoms with van der Waals surface area (Å²) >= 11 is 0. The first kappa shape index (κ1) is 16.4. The Morgan fingerprint density at radius 3 is 2.24 bits per heavy atom. The van der Waals surface area contributed by atoms with Gasteiger partial charge in [-0.1, -0.05) is 37.8 Å². The van der Waals surface area contributed by atoms with Crippen molar-refractivity contribution in [2.45, 2.75) is 49.9 Å². The lowest BCUT2D eigenvalue weighted by Gasteiger charge is -2.26. The van der Waals surface area contributed by atoms with E-state index in [9.17, 15) is 17.9 Å². The maximum absolute atomic E-state index is 12.8. The van der Waals surface area contributed by atoms with Crippen LogP contribution in [0.5, 0.6) is 0 Å². The van der Waals surface area contributed by atoms with Gasteiger partial charge in [-0.25, -0.2) is 17.5 Å². The van der Waals surface area contributed by atoms with E-state index in [0.29, 0.717) is 18.4 Å². The maximum Gasteiger partial charge on any atom is 0.215 e. The highest BCUT2D eigenvalue weighted by molar-refractivity contribution is 7.88. The van der Waals surface area contributed by atoms with Gasteiger partial charge in [-0.3, -0.25) is 0 Å². The molecule has 1 aromatic carbocycles. The predicted octanol–water partition coefficient (Wildman–Crippen LogP) is 2.33. The third-order valence-corrected chi connectivity index (χ3v) is 5.22. The Balaban J connectivity index is 1.92. The number of halogens is 1. The van der Waals surface area contributed by atoms with Crippen molar-refractivity contribution in [1.29, 1.82) is 0 Å². The smallest absolute Gasteiger partial charge is 0.215 e. The van der Waals surface area contributed by atoms with Gasteiger partial charge < -0.3 is 5.11 Å². The van der Waals surface area contributed by atoms with Crippen LogP contribution in [0.1, 0.15) is 44.1 Å². The van der Waals surface area contributed by atoms with E-state index in [4.69, 9.17) is 0 Å². The zero-order valence-electron chi connectivity index (χ0n) is 12.0. The van der Waals surface area contributed by atoms with Crippen molar-refractivity contribution < 1.29 is 17.9 Å². The highest BCUT2D eigenvalue weighted by atomic mass is 32.2. The Morgan fingerprint density at radius 1 is 1.10 bits per heavy atom. The average Bonchev–Trinajstić information content (AvgIpc) is 2.65. The van der Waals surface area contributed by atoms with Crippen LogP contribution in [0, 0.1) is 5.82 Å². The summed E-state index contributed by atoms with van der Waals surface area (Å²) in [6, 6.07) is 5.39. The zero-order chi connectivity index (χ0) is 15.3. The van der Waals surface area contributed by atoms with Crippen LogP contribution < -0.4 is 4.72 Å². The quantitative estimate of drug-likeness (QED) is 0.820. The minimum absolute atomic E-state index is 0.0521. The van der Waals surface area contributed by atoms with E-state index >= 15 is 0 Å². The summed E-state index contributed by atoms with van der Waals surface area (Å²) in [5, 5.41) is 10.4. The Bertz CT molecular complexity index is 549. The molecule has 1 aliphatic rings. The van der Waals surface area contributed by atoms with Crippen molar-refractivity contribution in [3.05, 3.63) is 35.6 Å². The van der Waals surface area contributed by atoms with Gasteiger partial charge in [0.1, 0.15) is 5.82 Å². The van der Waals surface area contributed by atoms with Crippen molar-refractivity contribution >= 4 is 10.0 Å². The molecule has 0 radical (unpaired) electrons. The van der Waals surface area contributed by atoms with Crippen LogP contribution in [-0.4, -0.2) is 25.7 Å². The lowest BCUT2D eigenvalue weighted by molar-refractivity contribution is 0.0303. The first-order valence-corrected chi connectivity index (χ1v) is 8.98. The van der Waals surface area contributed by atoms with Gasteiger partial charge in [-0.2, -0.15) is 0 Å². The summed E-state index contributed by atoms with van der Waals surface area (Å²) in [5.41, 5.74) is -0.413. The Labute approximate surface area is 125 Å². The van der Waals surface area contributed by atoms with Crippen molar-refractivity contribution in [2.24, 2.45) is 0 Å². The van der Waals surface area contributed by atoms with E-state index in [1.54, 1.807) is 0 Å². The van der Waals surface area contributed by atoms with Crippen LogP contribution in [0.3, 0.4) is 0 Å². The van der Waals surface area contributed by atoms with Gasteiger partial charge >= 0.3 is 0 Å². The number of hydrogen-bond donors (Lipinski definition) is 2. The number of hydrogen-bond acceptors (Lipinski definition) is 3. The lowest BCUT2D eigenvalue weighted by Crippen LogP contribution is -2.42. The highest BCUT2D eigenvalue weighted by Crippen LogP contribution is 2.26. The molecule has 1 fully saturated rings. The van der Waals surface area contributed by atoms with Crippen molar-refractivity contribution in [2.75, 3.05) is 6.54 Å². The number of benzene rings is 1. The molecule has 0 atom stereocenters. The normalized spacial score (nSPS) is 19.1. The molecule has 0 amide bonds. The zero-order valence-corrected chi connectivity index (χ0v) is 12.8. The van der Waals surface area contributed by atoms with Crippen molar-refractivity contribution in [1.82, 2.24) is 4.72 Å². The van der Waals surface area contributed by atoms with Gasteiger partial charge in [-0.15, -0.1) is 0 Å². The van der Waals surface area contributed by atoms with Crippen LogP contribution in [0.4, 0.5) is 4.39 Å². The van der Waals surface area contributed by atoms with Gasteiger partial charge in [0.05, 0.1) is 11.4 Å². The van der Waals surface area contributed by atoms with Crippen LogP contribution in [0.25, 0.3) is 0 Å². The summed E-state index contributed by atoms with van der Waals surface area (Å²) in [6.45, 7) is 0.0521. The van der Waals surface area contributed by atoms with Crippen LogP contribution in [0.15, 0.2) is 24.3 Å². The van der Waals surface area contributed by atoms with Crippen LogP contribution in [0.2, 0.25) is 0 Å². The molecule has 0 bridgehead atoms. The van der Waals surface area contributed by atoms with E-state index in [-0.39, 0.29) is 12.3 Å². The average molecular weight is 315 g/mol. The SMILES string of the molecule is O=S(=O)(Cc1ccc(F)cc1)NCC1(O)CCCCCC1. The monoisotopic (exact) mass is 315 g/mol. The Morgan fingerprint density at radius 2 is 1.67 bits per heavy atom. The lowest BCUT2D eigenvalue weighted by atomic mass is 9.95. The van der Waals surface area contributed by atoms with Crippen molar-refractivity contribution in [3.63, 3.8) is 0 Å². The summed E-state index contributed by atoms with van der Waals surface area (Å²) in [5.74, 6) is -0.597. The number of aliphatic hydroxyl groups is 1.